The summed E-state index contributed by atoms with van der Waals surface area (Å²) in [6, 6.07) is 4.01. The van der Waals surface area contributed by atoms with Crippen LogP contribution in [0.4, 0.5) is 0 Å². The van der Waals surface area contributed by atoms with Crippen LogP contribution < -0.4 is 5.32 Å². The molecule has 1 atom stereocenters. The Kier molecular flexibility index (Phi) is 4.42. The molecule has 0 aromatic carbocycles. The van der Waals surface area contributed by atoms with Crippen molar-refractivity contribution in [2.24, 2.45) is 0 Å². The second-order valence-electron chi connectivity index (χ2n) is 4.51. The third-order valence-corrected chi connectivity index (χ3v) is 4.74. The number of rotatable bonds is 6. The molecule has 5 nitrogen and oxygen atoms in total. The van der Waals surface area contributed by atoms with Gasteiger partial charge in [-0.1, -0.05) is 6.07 Å². The van der Waals surface area contributed by atoms with Crippen molar-refractivity contribution in [1.29, 1.82) is 0 Å². The number of nitrogens with zero attached hydrogens (tertiary/aromatic N) is 3. The van der Waals surface area contributed by atoms with E-state index in [0.29, 0.717) is 0 Å². The van der Waals surface area contributed by atoms with Gasteiger partial charge in [0.15, 0.2) is 0 Å². The minimum Gasteiger partial charge on any atom is -0.345 e. The van der Waals surface area contributed by atoms with Crippen molar-refractivity contribution >= 4 is 28.6 Å². The Bertz CT molecular complexity index is 662. The number of hydrogen-bond acceptors (Lipinski definition) is 5. The van der Waals surface area contributed by atoms with Crippen LogP contribution in [0.3, 0.4) is 0 Å². The van der Waals surface area contributed by atoms with E-state index in [1.807, 2.05) is 16.8 Å². The Hall–Kier alpha value is -1.99. The molecule has 108 valence electrons. The average molecular weight is 318 g/mol. The molecule has 0 aliphatic heterocycles. The quantitative estimate of drug-likeness (QED) is 0.759. The minimum absolute atomic E-state index is 0.0373. The normalized spacial score (nSPS) is 12.2. The van der Waals surface area contributed by atoms with Crippen molar-refractivity contribution in [3.8, 4) is 0 Å². The third-order valence-electron chi connectivity index (χ3n) is 2.96. The van der Waals surface area contributed by atoms with E-state index < -0.39 is 0 Å². The maximum absolute atomic E-state index is 12.2. The third kappa shape index (κ3) is 3.77. The Morgan fingerprint density at radius 1 is 1.33 bits per heavy atom. The zero-order valence-corrected chi connectivity index (χ0v) is 12.8. The van der Waals surface area contributed by atoms with E-state index in [1.54, 1.807) is 52.2 Å². The van der Waals surface area contributed by atoms with Crippen molar-refractivity contribution in [3.05, 3.63) is 57.7 Å². The van der Waals surface area contributed by atoms with Gasteiger partial charge in [0.25, 0.3) is 0 Å². The van der Waals surface area contributed by atoms with Crippen molar-refractivity contribution in [3.63, 3.8) is 0 Å². The standard InChI is InChI=1S/C14H14N4OS2/c19-13(9-18-5-3-15-10-18)17-12(14-16-4-7-21-14)8-11-2-1-6-20-11/h1-7,10,12H,8-9H2,(H,17,19)/t12-/m1/s1. The fourth-order valence-electron chi connectivity index (χ4n) is 2.02. The number of carbonyl (C=O) groups is 1. The molecular formula is C14H14N4OS2. The SMILES string of the molecule is O=C(Cn1ccnc1)N[C@H](Cc1cccs1)c1nccs1. The van der Waals surface area contributed by atoms with E-state index in [-0.39, 0.29) is 18.5 Å². The summed E-state index contributed by atoms with van der Waals surface area (Å²) >= 11 is 3.25. The zero-order valence-electron chi connectivity index (χ0n) is 11.2. The van der Waals surface area contributed by atoms with Crippen molar-refractivity contribution in [2.45, 2.75) is 19.0 Å². The average Bonchev–Trinajstić information content (AvgIpc) is 3.22. The summed E-state index contributed by atoms with van der Waals surface area (Å²) in [4.78, 5) is 21.7. The summed E-state index contributed by atoms with van der Waals surface area (Å²) < 4.78 is 1.75. The van der Waals surface area contributed by atoms with Gasteiger partial charge in [0.1, 0.15) is 11.6 Å². The van der Waals surface area contributed by atoms with Gasteiger partial charge >= 0.3 is 0 Å². The molecule has 3 aromatic rings. The summed E-state index contributed by atoms with van der Waals surface area (Å²) in [5.74, 6) is -0.0373. The highest BCUT2D eigenvalue weighted by Gasteiger charge is 2.18. The lowest BCUT2D eigenvalue weighted by Gasteiger charge is -2.16. The zero-order chi connectivity index (χ0) is 14.5. The van der Waals surface area contributed by atoms with Crippen LogP contribution in [0.2, 0.25) is 0 Å². The van der Waals surface area contributed by atoms with E-state index in [4.69, 9.17) is 0 Å². The van der Waals surface area contributed by atoms with Gasteiger partial charge in [-0.2, -0.15) is 0 Å². The monoisotopic (exact) mass is 318 g/mol. The number of hydrogen-bond donors (Lipinski definition) is 1. The van der Waals surface area contributed by atoms with Crippen LogP contribution in [0.1, 0.15) is 15.9 Å². The van der Waals surface area contributed by atoms with Crippen LogP contribution in [0.25, 0.3) is 0 Å². The fraction of sp³-hybridized carbons (Fsp3) is 0.214. The Labute approximate surface area is 130 Å². The van der Waals surface area contributed by atoms with E-state index in [2.05, 4.69) is 21.4 Å². The van der Waals surface area contributed by atoms with Gasteiger partial charge in [-0.3, -0.25) is 4.79 Å². The molecule has 0 aliphatic rings. The van der Waals surface area contributed by atoms with Crippen LogP contribution in [-0.4, -0.2) is 20.4 Å². The molecule has 0 unspecified atom stereocenters. The lowest BCUT2D eigenvalue weighted by atomic mass is 10.2. The van der Waals surface area contributed by atoms with E-state index in [0.717, 1.165) is 11.4 Å². The summed E-state index contributed by atoms with van der Waals surface area (Å²) in [5.41, 5.74) is 0. The van der Waals surface area contributed by atoms with Gasteiger partial charge in [0.2, 0.25) is 5.91 Å². The molecule has 0 fully saturated rings. The van der Waals surface area contributed by atoms with E-state index >= 15 is 0 Å². The van der Waals surface area contributed by atoms with Gasteiger partial charge < -0.3 is 9.88 Å². The Morgan fingerprint density at radius 3 is 2.95 bits per heavy atom. The van der Waals surface area contributed by atoms with Crippen LogP contribution in [0.15, 0.2) is 47.8 Å². The first-order valence-corrected chi connectivity index (χ1v) is 8.24. The van der Waals surface area contributed by atoms with Gasteiger partial charge in [-0.25, -0.2) is 9.97 Å². The van der Waals surface area contributed by atoms with E-state index in [1.165, 1.54) is 4.88 Å². The summed E-state index contributed by atoms with van der Waals surface area (Å²) in [6.07, 6.45) is 7.61. The number of carbonyl (C=O) groups excluding carboxylic acids is 1. The highest BCUT2D eigenvalue weighted by atomic mass is 32.1. The highest BCUT2D eigenvalue weighted by Crippen LogP contribution is 2.22. The first kappa shape index (κ1) is 14.0. The molecule has 1 N–H and O–H groups in total. The van der Waals surface area contributed by atoms with Crippen LogP contribution >= 0.6 is 22.7 Å². The van der Waals surface area contributed by atoms with Gasteiger partial charge in [-0.05, 0) is 11.4 Å². The molecule has 0 saturated heterocycles. The summed E-state index contributed by atoms with van der Waals surface area (Å²) in [6.45, 7) is 0.270. The van der Waals surface area contributed by atoms with Crippen LogP contribution in [0, 0.1) is 0 Å². The summed E-state index contributed by atoms with van der Waals surface area (Å²) in [7, 11) is 0. The number of thiophene rings is 1. The fourth-order valence-corrected chi connectivity index (χ4v) is 3.46. The number of nitrogens with one attached hydrogen (secondary N) is 1. The number of imidazole rings is 1. The molecule has 7 heteroatoms. The van der Waals surface area contributed by atoms with Crippen molar-refractivity contribution < 1.29 is 4.79 Å². The molecule has 3 aromatic heterocycles. The lowest BCUT2D eigenvalue weighted by molar-refractivity contribution is -0.122. The first-order valence-electron chi connectivity index (χ1n) is 6.48. The first-order chi connectivity index (χ1) is 10.3. The van der Waals surface area contributed by atoms with Crippen LogP contribution in [-0.2, 0) is 17.8 Å². The molecule has 21 heavy (non-hydrogen) atoms. The number of aromatic nitrogens is 3. The molecule has 0 spiro atoms. The molecule has 0 saturated carbocycles. The molecule has 3 rings (SSSR count). The number of amides is 1. The smallest absolute Gasteiger partial charge is 0.240 e. The van der Waals surface area contributed by atoms with E-state index in [9.17, 15) is 4.79 Å². The molecule has 3 heterocycles. The second-order valence-corrected chi connectivity index (χ2v) is 6.47. The predicted octanol–water partition coefficient (Wildman–Crippen LogP) is 2.50. The minimum atomic E-state index is -0.0836. The number of thiazole rings is 1. The summed E-state index contributed by atoms with van der Waals surface area (Å²) in [5, 5.41) is 7.97. The predicted molar refractivity (Wildman–Crippen MR) is 83.2 cm³/mol. The molecule has 1 amide bonds. The lowest BCUT2D eigenvalue weighted by Crippen LogP contribution is -2.32. The molecule has 0 bridgehead atoms. The van der Waals surface area contributed by atoms with Crippen LogP contribution in [0.5, 0.6) is 0 Å². The Morgan fingerprint density at radius 2 is 2.29 bits per heavy atom. The van der Waals surface area contributed by atoms with Gasteiger partial charge in [0, 0.05) is 35.3 Å². The van der Waals surface area contributed by atoms with Gasteiger partial charge in [-0.15, -0.1) is 22.7 Å². The van der Waals surface area contributed by atoms with Crippen molar-refractivity contribution in [2.75, 3.05) is 0 Å². The molecule has 0 aliphatic carbocycles. The highest BCUT2D eigenvalue weighted by molar-refractivity contribution is 7.10. The largest absolute Gasteiger partial charge is 0.345 e. The Balaban J connectivity index is 1.68. The van der Waals surface area contributed by atoms with Crippen molar-refractivity contribution in [1.82, 2.24) is 19.9 Å². The second kappa shape index (κ2) is 6.64. The maximum Gasteiger partial charge on any atom is 0.240 e. The van der Waals surface area contributed by atoms with Gasteiger partial charge in [0.05, 0.1) is 12.4 Å². The maximum atomic E-state index is 12.2. The molecule has 0 radical (unpaired) electrons. The topological polar surface area (TPSA) is 59.8 Å². The molecular weight excluding hydrogens is 304 g/mol.